The minimum Gasteiger partial charge on any atom is -0.326 e. The van der Waals surface area contributed by atoms with Crippen LogP contribution in [0.4, 0.5) is 18.9 Å². The number of rotatable bonds is 6. The molecule has 0 radical (unpaired) electrons. The Morgan fingerprint density at radius 2 is 1.90 bits per heavy atom. The number of carbonyl (C=O) groups is 1. The summed E-state index contributed by atoms with van der Waals surface area (Å²) in [6, 6.07) is 5.98. The first-order valence-corrected chi connectivity index (χ1v) is 6.01. The molecule has 0 atom stereocenters. The number of halogens is 4. The Kier molecular flexibility index (Phi) is 8.25. The predicted octanol–water partition coefficient (Wildman–Crippen LogP) is 3.15. The average molecular weight is 311 g/mol. The van der Waals surface area contributed by atoms with Gasteiger partial charge in [-0.2, -0.15) is 13.2 Å². The molecule has 0 heterocycles. The van der Waals surface area contributed by atoms with Gasteiger partial charge >= 0.3 is 6.18 Å². The molecule has 0 bridgehead atoms. The van der Waals surface area contributed by atoms with Crippen LogP contribution in [-0.2, 0) is 11.2 Å². The lowest BCUT2D eigenvalue weighted by Gasteiger charge is -2.12. The van der Waals surface area contributed by atoms with Crippen molar-refractivity contribution in [2.24, 2.45) is 0 Å². The van der Waals surface area contributed by atoms with E-state index in [-0.39, 0.29) is 36.0 Å². The summed E-state index contributed by atoms with van der Waals surface area (Å²) >= 11 is 0. The second kappa shape index (κ2) is 8.81. The topological polar surface area (TPSA) is 41.1 Å². The van der Waals surface area contributed by atoms with Crippen molar-refractivity contribution in [2.45, 2.75) is 25.4 Å². The van der Waals surface area contributed by atoms with Crippen LogP contribution in [0.1, 0.15) is 18.4 Å². The molecular weight excluding hydrogens is 293 g/mol. The highest BCUT2D eigenvalue weighted by molar-refractivity contribution is 5.91. The molecule has 20 heavy (non-hydrogen) atoms. The number of anilines is 1. The molecule has 0 aliphatic heterocycles. The Balaban J connectivity index is 0.00000361. The molecule has 0 saturated heterocycles. The van der Waals surface area contributed by atoms with Crippen molar-refractivity contribution in [3.05, 3.63) is 29.8 Å². The van der Waals surface area contributed by atoms with Gasteiger partial charge in [0.2, 0.25) is 5.91 Å². The monoisotopic (exact) mass is 310 g/mol. The van der Waals surface area contributed by atoms with Crippen LogP contribution in [0.5, 0.6) is 0 Å². The number of alkyl halides is 3. The summed E-state index contributed by atoms with van der Waals surface area (Å²) in [5.74, 6) is -0.273. The van der Waals surface area contributed by atoms with Gasteiger partial charge in [0.05, 0.1) is 6.42 Å². The van der Waals surface area contributed by atoms with Gasteiger partial charge in [0.25, 0.3) is 0 Å². The highest BCUT2D eigenvalue weighted by Crippen LogP contribution is 2.26. The Morgan fingerprint density at radius 1 is 1.25 bits per heavy atom. The Morgan fingerprint density at radius 3 is 2.50 bits per heavy atom. The van der Waals surface area contributed by atoms with E-state index in [9.17, 15) is 18.0 Å². The van der Waals surface area contributed by atoms with Crippen molar-refractivity contribution in [2.75, 3.05) is 18.9 Å². The molecule has 0 unspecified atom stereocenters. The molecule has 2 N–H and O–H groups in total. The lowest BCUT2D eigenvalue weighted by molar-refractivity contribution is -0.127. The largest absolute Gasteiger partial charge is 0.393 e. The molecule has 1 aromatic rings. The van der Waals surface area contributed by atoms with E-state index in [1.807, 2.05) is 0 Å². The fraction of sp³-hybridized carbons (Fsp3) is 0.462. The molecule has 1 aromatic carbocycles. The van der Waals surface area contributed by atoms with Gasteiger partial charge in [-0.15, -0.1) is 12.4 Å². The maximum atomic E-state index is 12.4. The molecule has 0 aliphatic rings. The number of benzene rings is 1. The summed E-state index contributed by atoms with van der Waals surface area (Å²) < 4.78 is 37.2. The van der Waals surface area contributed by atoms with Gasteiger partial charge in [0, 0.05) is 12.1 Å². The molecular formula is C13H18ClF3N2O. The van der Waals surface area contributed by atoms with E-state index in [4.69, 9.17) is 0 Å². The molecule has 0 spiro atoms. The van der Waals surface area contributed by atoms with E-state index in [2.05, 4.69) is 10.6 Å². The summed E-state index contributed by atoms with van der Waals surface area (Å²) in [6.07, 6.45) is -4.40. The molecule has 3 nitrogen and oxygen atoms in total. The first-order chi connectivity index (χ1) is 8.92. The molecule has 0 saturated carbocycles. The van der Waals surface area contributed by atoms with Gasteiger partial charge in [0.1, 0.15) is 0 Å². The first kappa shape index (κ1) is 18.7. The molecule has 1 rings (SSSR count). The smallest absolute Gasteiger partial charge is 0.326 e. The highest BCUT2D eigenvalue weighted by Gasteiger charge is 2.28. The van der Waals surface area contributed by atoms with E-state index in [1.165, 1.54) is 18.2 Å². The molecule has 1 amide bonds. The number of hydrogen-bond donors (Lipinski definition) is 2. The zero-order valence-corrected chi connectivity index (χ0v) is 11.9. The van der Waals surface area contributed by atoms with E-state index in [1.54, 1.807) is 13.1 Å². The quantitative estimate of drug-likeness (QED) is 0.793. The predicted molar refractivity (Wildman–Crippen MR) is 75.2 cm³/mol. The average Bonchev–Trinajstić information content (AvgIpc) is 2.30. The first-order valence-electron chi connectivity index (χ1n) is 6.01. The van der Waals surface area contributed by atoms with Gasteiger partial charge in [-0.3, -0.25) is 4.79 Å². The number of amides is 1. The van der Waals surface area contributed by atoms with Crippen LogP contribution in [0.15, 0.2) is 24.3 Å². The molecule has 0 aliphatic carbocycles. The maximum absolute atomic E-state index is 12.4. The van der Waals surface area contributed by atoms with Crippen molar-refractivity contribution in [3.8, 4) is 0 Å². The summed E-state index contributed by atoms with van der Waals surface area (Å²) in [7, 11) is 1.77. The maximum Gasteiger partial charge on any atom is 0.393 e. The third-order valence-corrected chi connectivity index (χ3v) is 2.51. The van der Waals surface area contributed by atoms with Crippen LogP contribution >= 0.6 is 12.4 Å². The summed E-state index contributed by atoms with van der Waals surface area (Å²) in [6.45, 7) is 0.692. The van der Waals surface area contributed by atoms with Crippen LogP contribution in [0.25, 0.3) is 0 Å². The van der Waals surface area contributed by atoms with Crippen LogP contribution in [0.2, 0.25) is 0 Å². The standard InChI is InChI=1S/C13H17F3N2O.ClH/c1-17-8-4-7-12(19)18-11-6-3-2-5-10(11)9-13(14,15)16;/h2-3,5-6,17H,4,7-9H2,1H3,(H,18,19);1H. The summed E-state index contributed by atoms with van der Waals surface area (Å²) in [4.78, 5) is 11.6. The van der Waals surface area contributed by atoms with Crippen LogP contribution < -0.4 is 10.6 Å². The van der Waals surface area contributed by atoms with Crippen molar-refractivity contribution < 1.29 is 18.0 Å². The van der Waals surface area contributed by atoms with Crippen molar-refractivity contribution in [1.29, 1.82) is 0 Å². The van der Waals surface area contributed by atoms with Crippen LogP contribution in [0, 0.1) is 0 Å². The lowest BCUT2D eigenvalue weighted by Crippen LogP contribution is -2.18. The van der Waals surface area contributed by atoms with Crippen LogP contribution in [0.3, 0.4) is 0 Å². The fourth-order valence-electron chi connectivity index (χ4n) is 1.65. The van der Waals surface area contributed by atoms with Crippen molar-refractivity contribution in [3.63, 3.8) is 0 Å². The van der Waals surface area contributed by atoms with E-state index >= 15 is 0 Å². The minimum atomic E-state index is -4.28. The van der Waals surface area contributed by atoms with Crippen molar-refractivity contribution >= 4 is 24.0 Å². The van der Waals surface area contributed by atoms with Gasteiger partial charge in [-0.05, 0) is 31.6 Å². The second-order valence-corrected chi connectivity index (χ2v) is 4.20. The van der Waals surface area contributed by atoms with Crippen LogP contribution in [-0.4, -0.2) is 25.7 Å². The summed E-state index contributed by atoms with van der Waals surface area (Å²) in [5, 5.41) is 5.43. The van der Waals surface area contributed by atoms with E-state index in [0.717, 1.165) is 0 Å². The fourth-order valence-corrected chi connectivity index (χ4v) is 1.65. The third-order valence-electron chi connectivity index (χ3n) is 2.51. The zero-order valence-electron chi connectivity index (χ0n) is 11.1. The van der Waals surface area contributed by atoms with E-state index < -0.39 is 12.6 Å². The summed E-state index contributed by atoms with van der Waals surface area (Å²) in [5.41, 5.74) is 0.311. The number of nitrogens with one attached hydrogen (secondary N) is 2. The number of carbonyl (C=O) groups excluding carboxylic acids is 1. The highest BCUT2D eigenvalue weighted by atomic mass is 35.5. The minimum absolute atomic E-state index is 0. The molecule has 7 heteroatoms. The van der Waals surface area contributed by atoms with Gasteiger partial charge in [-0.1, -0.05) is 18.2 Å². The zero-order chi connectivity index (χ0) is 14.3. The van der Waals surface area contributed by atoms with Gasteiger partial charge in [-0.25, -0.2) is 0 Å². The SMILES string of the molecule is CNCCCC(=O)Nc1ccccc1CC(F)(F)F.Cl. The molecule has 0 fully saturated rings. The second-order valence-electron chi connectivity index (χ2n) is 4.20. The van der Waals surface area contributed by atoms with Crippen molar-refractivity contribution in [1.82, 2.24) is 5.32 Å². The number of para-hydroxylation sites is 1. The third kappa shape index (κ3) is 7.35. The Hall–Kier alpha value is -1.27. The Labute approximate surface area is 122 Å². The normalized spacial score (nSPS) is 10.8. The van der Waals surface area contributed by atoms with Gasteiger partial charge in [0.15, 0.2) is 0 Å². The number of hydrogen-bond acceptors (Lipinski definition) is 2. The molecule has 0 aromatic heterocycles. The lowest BCUT2D eigenvalue weighted by atomic mass is 10.1. The van der Waals surface area contributed by atoms with Gasteiger partial charge < -0.3 is 10.6 Å². The molecule has 114 valence electrons. The Bertz CT molecular complexity index is 424. The van der Waals surface area contributed by atoms with E-state index in [0.29, 0.717) is 13.0 Å².